The minimum atomic E-state index is -3.73. The quantitative estimate of drug-likeness (QED) is 0.660. The van der Waals surface area contributed by atoms with Crippen molar-refractivity contribution in [2.75, 3.05) is 7.11 Å². The van der Waals surface area contributed by atoms with Crippen LogP contribution >= 0.6 is 0 Å². The van der Waals surface area contributed by atoms with Gasteiger partial charge in [-0.3, -0.25) is 4.68 Å². The summed E-state index contributed by atoms with van der Waals surface area (Å²) >= 11 is 0. The summed E-state index contributed by atoms with van der Waals surface area (Å²) in [6.07, 6.45) is 0. The van der Waals surface area contributed by atoms with Crippen LogP contribution in [-0.2, 0) is 17.1 Å². The summed E-state index contributed by atoms with van der Waals surface area (Å²) < 4.78 is 48.9. The van der Waals surface area contributed by atoms with E-state index in [2.05, 4.69) is 9.82 Å². The van der Waals surface area contributed by atoms with E-state index in [1.165, 1.54) is 19.2 Å². The molecular formula is C21H24FN3O3S. The van der Waals surface area contributed by atoms with Crippen molar-refractivity contribution in [3.63, 3.8) is 0 Å². The second kappa shape index (κ2) is 7.96. The Kier molecular flexibility index (Phi) is 5.77. The molecule has 0 fully saturated rings. The van der Waals surface area contributed by atoms with E-state index in [1.54, 1.807) is 38.6 Å². The molecule has 0 unspecified atom stereocenters. The third-order valence-electron chi connectivity index (χ3n) is 4.93. The third kappa shape index (κ3) is 4.18. The maximum absolute atomic E-state index is 13.7. The molecule has 0 radical (unpaired) electrons. The molecule has 2 aromatic carbocycles. The van der Waals surface area contributed by atoms with Crippen LogP contribution in [0.4, 0.5) is 4.39 Å². The van der Waals surface area contributed by atoms with E-state index in [0.29, 0.717) is 22.7 Å². The maximum atomic E-state index is 13.7. The molecule has 3 aromatic rings. The van der Waals surface area contributed by atoms with Crippen molar-refractivity contribution in [3.05, 3.63) is 65.2 Å². The van der Waals surface area contributed by atoms with Crippen LogP contribution in [-0.4, -0.2) is 25.3 Å². The van der Waals surface area contributed by atoms with Gasteiger partial charge in [0.1, 0.15) is 16.5 Å². The highest BCUT2D eigenvalue weighted by Crippen LogP contribution is 2.31. The van der Waals surface area contributed by atoms with Gasteiger partial charge in [-0.05, 0) is 50.1 Å². The fourth-order valence-electron chi connectivity index (χ4n) is 3.36. The first-order valence-corrected chi connectivity index (χ1v) is 10.6. The molecule has 0 aliphatic heterocycles. The van der Waals surface area contributed by atoms with Gasteiger partial charge in [0, 0.05) is 18.7 Å². The van der Waals surface area contributed by atoms with E-state index in [0.717, 1.165) is 11.1 Å². The zero-order chi connectivity index (χ0) is 21.3. The molecule has 0 aliphatic carbocycles. The van der Waals surface area contributed by atoms with Gasteiger partial charge in [-0.2, -0.15) is 5.10 Å². The summed E-state index contributed by atoms with van der Waals surface area (Å²) in [5, 5.41) is 4.18. The topological polar surface area (TPSA) is 73.2 Å². The Labute approximate surface area is 170 Å². The van der Waals surface area contributed by atoms with Crippen LogP contribution in [0.3, 0.4) is 0 Å². The van der Waals surface area contributed by atoms with Crippen LogP contribution < -0.4 is 9.46 Å². The predicted molar refractivity (Wildman–Crippen MR) is 110 cm³/mol. The van der Waals surface area contributed by atoms with Crippen molar-refractivity contribution in [3.8, 4) is 16.9 Å². The lowest BCUT2D eigenvalue weighted by Gasteiger charge is -2.16. The number of rotatable bonds is 6. The Morgan fingerprint density at radius 2 is 1.79 bits per heavy atom. The van der Waals surface area contributed by atoms with E-state index in [-0.39, 0.29) is 10.7 Å². The Bertz CT molecular complexity index is 1140. The summed E-state index contributed by atoms with van der Waals surface area (Å²) in [4.78, 5) is 0.202. The van der Waals surface area contributed by atoms with Gasteiger partial charge in [-0.15, -0.1) is 0 Å². The van der Waals surface area contributed by atoms with E-state index in [4.69, 9.17) is 4.74 Å². The molecular weight excluding hydrogens is 393 g/mol. The average molecular weight is 418 g/mol. The minimum absolute atomic E-state index is 0.202. The molecule has 0 bridgehead atoms. The van der Waals surface area contributed by atoms with Crippen molar-refractivity contribution in [2.45, 2.75) is 31.7 Å². The lowest BCUT2D eigenvalue weighted by Crippen LogP contribution is -2.27. The first kappa shape index (κ1) is 21.0. The number of halogens is 1. The molecule has 0 amide bonds. The van der Waals surface area contributed by atoms with Gasteiger partial charge >= 0.3 is 0 Å². The van der Waals surface area contributed by atoms with E-state index >= 15 is 0 Å². The Morgan fingerprint density at radius 1 is 1.14 bits per heavy atom. The molecule has 0 aliphatic rings. The summed E-state index contributed by atoms with van der Waals surface area (Å²) in [5.41, 5.74) is 3.23. The third-order valence-corrected chi connectivity index (χ3v) is 6.72. The zero-order valence-corrected chi connectivity index (χ0v) is 17.8. The number of nitrogens with one attached hydrogen (secondary N) is 1. The highest BCUT2D eigenvalue weighted by atomic mass is 32.2. The van der Waals surface area contributed by atoms with Gasteiger partial charge in [0.25, 0.3) is 0 Å². The molecule has 0 saturated carbocycles. The molecule has 6 nitrogen and oxygen atoms in total. The predicted octanol–water partition coefficient (Wildman–Crippen LogP) is 3.89. The van der Waals surface area contributed by atoms with E-state index in [9.17, 15) is 12.8 Å². The summed E-state index contributed by atoms with van der Waals surface area (Å²) in [6, 6.07) is 11.1. The molecule has 1 heterocycles. The van der Waals surface area contributed by atoms with Gasteiger partial charge in [0.15, 0.2) is 0 Å². The highest BCUT2D eigenvalue weighted by molar-refractivity contribution is 7.89. The van der Waals surface area contributed by atoms with Crippen molar-refractivity contribution in [1.29, 1.82) is 0 Å². The second-order valence-corrected chi connectivity index (χ2v) is 8.58. The fraction of sp³-hybridized carbons (Fsp3) is 0.286. The fourth-order valence-corrected chi connectivity index (χ4v) is 5.03. The van der Waals surface area contributed by atoms with Crippen molar-refractivity contribution in [2.24, 2.45) is 7.05 Å². The molecule has 0 spiro atoms. The largest absolute Gasteiger partial charge is 0.496 e. The maximum Gasteiger partial charge on any atom is 0.244 e. The molecule has 1 N–H and O–H groups in total. The standard InChI is InChI=1S/C21H24FN3O3S/c1-13(24-29(26,27)21-14(2)23-25(4)15(21)3)16-6-8-17(9-7-16)19-12-18(22)10-11-20(19)28-5/h6-13,24H,1-5H3/t13-/m1/s1. The molecule has 154 valence electrons. The molecule has 29 heavy (non-hydrogen) atoms. The number of methoxy groups -OCH3 is 1. The number of aryl methyl sites for hydroxylation is 2. The number of hydrogen-bond acceptors (Lipinski definition) is 4. The number of nitrogens with zero attached hydrogens (tertiary/aromatic N) is 2. The zero-order valence-electron chi connectivity index (χ0n) is 17.0. The van der Waals surface area contributed by atoms with Gasteiger partial charge in [-0.25, -0.2) is 17.5 Å². The second-order valence-electron chi connectivity index (χ2n) is 6.93. The smallest absolute Gasteiger partial charge is 0.244 e. The Morgan fingerprint density at radius 3 is 2.34 bits per heavy atom. The van der Waals surface area contributed by atoms with Crippen LogP contribution in [0.2, 0.25) is 0 Å². The van der Waals surface area contributed by atoms with Gasteiger partial charge in [-0.1, -0.05) is 24.3 Å². The van der Waals surface area contributed by atoms with Crippen molar-refractivity contribution < 1.29 is 17.5 Å². The van der Waals surface area contributed by atoms with Crippen molar-refractivity contribution in [1.82, 2.24) is 14.5 Å². The minimum Gasteiger partial charge on any atom is -0.496 e. The molecule has 8 heteroatoms. The normalized spacial score (nSPS) is 12.8. The molecule has 1 atom stereocenters. The van der Waals surface area contributed by atoms with Crippen LogP contribution in [0.15, 0.2) is 47.4 Å². The van der Waals surface area contributed by atoms with E-state index < -0.39 is 16.1 Å². The monoisotopic (exact) mass is 417 g/mol. The lowest BCUT2D eigenvalue weighted by atomic mass is 10.0. The van der Waals surface area contributed by atoms with Crippen LogP contribution in [0.1, 0.15) is 29.9 Å². The van der Waals surface area contributed by atoms with Crippen LogP contribution in [0.25, 0.3) is 11.1 Å². The number of aromatic nitrogens is 2. The number of ether oxygens (including phenoxy) is 1. The first-order valence-electron chi connectivity index (χ1n) is 9.10. The molecule has 1 aromatic heterocycles. The first-order chi connectivity index (χ1) is 13.6. The lowest BCUT2D eigenvalue weighted by molar-refractivity contribution is 0.415. The Balaban J connectivity index is 1.86. The number of sulfonamides is 1. The highest BCUT2D eigenvalue weighted by Gasteiger charge is 2.25. The summed E-state index contributed by atoms with van der Waals surface area (Å²) in [6.45, 7) is 5.17. The van der Waals surface area contributed by atoms with Gasteiger partial charge in [0.2, 0.25) is 10.0 Å². The molecule has 0 saturated heterocycles. The average Bonchev–Trinajstić information content (AvgIpc) is 2.93. The van der Waals surface area contributed by atoms with Crippen LogP contribution in [0, 0.1) is 19.7 Å². The van der Waals surface area contributed by atoms with Crippen molar-refractivity contribution >= 4 is 10.0 Å². The number of hydrogen-bond donors (Lipinski definition) is 1. The van der Waals surface area contributed by atoms with E-state index in [1.807, 2.05) is 24.3 Å². The van der Waals surface area contributed by atoms with Crippen LogP contribution in [0.5, 0.6) is 5.75 Å². The number of benzene rings is 2. The Hall–Kier alpha value is -2.71. The summed E-state index contributed by atoms with van der Waals surface area (Å²) in [7, 11) is -0.485. The van der Waals surface area contributed by atoms with Gasteiger partial charge < -0.3 is 4.74 Å². The van der Waals surface area contributed by atoms with Gasteiger partial charge in [0.05, 0.1) is 18.5 Å². The summed E-state index contributed by atoms with van der Waals surface area (Å²) in [5.74, 6) is 0.212. The SMILES string of the molecule is COc1ccc(F)cc1-c1ccc([C@@H](C)NS(=O)(=O)c2c(C)nn(C)c2C)cc1. The molecule has 3 rings (SSSR count).